The van der Waals surface area contributed by atoms with Crippen LogP contribution in [0.3, 0.4) is 0 Å². The van der Waals surface area contributed by atoms with Crippen LogP contribution in [0.25, 0.3) is 39.4 Å². The van der Waals surface area contributed by atoms with Crippen LogP contribution in [0.4, 0.5) is 8.78 Å². The lowest BCUT2D eigenvalue weighted by molar-refractivity contribution is -0.116. The fraction of sp³-hybridized carbons (Fsp3) is 0.182. The van der Waals surface area contributed by atoms with Gasteiger partial charge in [0.15, 0.2) is 0 Å². The lowest BCUT2D eigenvalue weighted by Gasteiger charge is -2.31. The number of aromatic nitrogens is 3. The van der Waals surface area contributed by atoms with Gasteiger partial charge in [0.05, 0.1) is 17.8 Å². The van der Waals surface area contributed by atoms with Crippen LogP contribution in [0.15, 0.2) is 96.1 Å². The summed E-state index contributed by atoms with van der Waals surface area (Å²) in [6, 6.07) is 16.6. The first kappa shape index (κ1) is 27.9. The molecular weight excluding hydrogens is 552 g/mol. The van der Waals surface area contributed by atoms with Gasteiger partial charge < -0.3 is 14.6 Å². The third kappa shape index (κ3) is 6.48. The molecular formula is C33H27F2N5O3. The maximum absolute atomic E-state index is 13.5. The molecule has 0 aliphatic carbocycles. The summed E-state index contributed by atoms with van der Waals surface area (Å²) in [6.45, 7) is 0.223. The highest BCUT2D eigenvalue weighted by Gasteiger charge is 2.35. The van der Waals surface area contributed by atoms with Crippen molar-refractivity contribution in [2.24, 2.45) is 0 Å². The third-order valence-electron chi connectivity index (χ3n) is 7.30. The van der Waals surface area contributed by atoms with Gasteiger partial charge in [-0.25, -0.2) is 8.78 Å². The molecule has 1 aromatic carbocycles. The quantitative estimate of drug-likeness (QED) is 0.232. The predicted molar refractivity (Wildman–Crippen MR) is 158 cm³/mol. The zero-order valence-corrected chi connectivity index (χ0v) is 23.0. The highest BCUT2D eigenvalue weighted by atomic mass is 19.3. The van der Waals surface area contributed by atoms with E-state index in [0.29, 0.717) is 22.6 Å². The SMILES string of the molecule is O=C(/C=C/c1cccnc1)NCc1cc2cc(-c3ccc(C(=O)N4CCC(F)(F)CC4)cn3)cc(-c3ccncc3)c2o1. The summed E-state index contributed by atoms with van der Waals surface area (Å²) in [5.41, 5.74) is 4.96. The van der Waals surface area contributed by atoms with Gasteiger partial charge in [0.1, 0.15) is 11.3 Å². The van der Waals surface area contributed by atoms with Crippen molar-refractivity contribution in [3.8, 4) is 22.4 Å². The molecule has 1 N–H and O–H groups in total. The van der Waals surface area contributed by atoms with Crippen LogP contribution in [-0.4, -0.2) is 50.7 Å². The van der Waals surface area contributed by atoms with Crippen LogP contribution in [0.5, 0.6) is 0 Å². The molecule has 1 fully saturated rings. The van der Waals surface area contributed by atoms with Crippen LogP contribution >= 0.6 is 0 Å². The number of nitrogens with one attached hydrogen (secondary N) is 1. The Morgan fingerprint density at radius 3 is 2.49 bits per heavy atom. The fourth-order valence-electron chi connectivity index (χ4n) is 4.98. The predicted octanol–water partition coefficient (Wildman–Crippen LogP) is 6.15. The maximum atomic E-state index is 13.5. The van der Waals surface area contributed by atoms with Gasteiger partial charge >= 0.3 is 0 Å². The number of nitrogens with zero attached hydrogens (tertiary/aromatic N) is 4. The molecule has 0 saturated carbocycles. The van der Waals surface area contributed by atoms with E-state index in [1.54, 1.807) is 49.1 Å². The number of benzene rings is 1. The lowest BCUT2D eigenvalue weighted by atomic mass is 9.99. The van der Waals surface area contributed by atoms with Crippen molar-refractivity contribution in [1.82, 2.24) is 25.2 Å². The number of hydrogen-bond donors (Lipinski definition) is 1. The largest absolute Gasteiger partial charge is 0.459 e. The van der Waals surface area contributed by atoms with Gasteiger partial charge in [-0.1, -0.05) is 6.07 Å². The first-order chi connectivity index (χ1) is 20.8. The minimum absolute atomic E-state index is 0.0175. The average molecular weight is 580 g/mol. The van der Waals surface area contributed by atoms with Crippen LogP contribution in [0.2, 0.25) is 0 Å². The number of halogens is 2. The Morgan fingerprint density at radius 2 is 1.77 bits per heavy atom. The molecule has 216 valence electrons. The summed E-state index contributed by atoms with van der Waals surface area (Å²) in [4.78, 5) is 39.4. The van der Waals surface area contributed by atoms with Crippen molar-refractivity contribution >= 4 is 28.9 Å². The zero-order valence-electron chi connectivity index (χ0n) is 23.0. The minimum Gasteiger partial charge on any atom is -0.459 e. The molecule has 1 aliphatic heterocycles. The summed E-state index contributed by atoms with van der Waals surface area (Å²) in [6.07, 6.45) is 10.7. The van der Waals surface area contributed by atoms with E-state index in [9.17, 15) is 18.4 Å². The number of amides is 2. The van der Waals surface area contributed by atoms with Gasteiger partial charge in [-0.05, 0) is 65.7 Å². The van der Waals surface area contributed by atoms with Crippen molar-refractivity contribution in [3.05, 3.63) is 109 Å². The first-order valence-electron chi connectivity index (χ1n) is 13.8. The number of pyridine rings is 3. The average Bonchev–Trinajstić information content (AvgIpc) is 3.46. The summed E-state index contributed by atoms with van der Waals surface area (Å²) >= 11 is 0. The molecule has 0 spiro atoms. The van der Waals surface area contributed by atoms with Gasteiger partial charge in [-0.15, -0.1) is 0 Å². The molecule has 1 aliphatic rings. The Bertz CT molecular complexity index is 1780. The van der Waals surface area contributed by atoms with Crippen molar-refractivity contribution in [1.29, 1.82) is 0 Å². The molecule has 0 bridgehead atoms. The molecule has 5 aromatic rings. The maximum Gasteiger partial charge on any atom is 0.255 e. The standard InChI is InChI=1S/C33H27F2N5O3/c34-33(35)9-14-40(15-10-33)32(42)24-4-5-29(38-20-24)25-16-26-17-27(21-39-30(41)6-3-22-2-1-11-37-19-22)43-31(26)28(18-25)23-7-12-36-13-8-23/h1-8,11-13,16-20H,9-10,14-15,21H2,(H,39,41)/b6-3+. The summed E-state index contributed by atoms with van der Waals surface area (Å²) in [5.74, 6) is -2.72. The number of hydrogen-bond acceptors (Lipinski definition) is 6. The number of furan rings is 1. The third-order valence-corrected chi connectivity index (χ3v) is 7.30. The van der Waals surface area contributed by atoms with Gasteiger partial charge in [0.2, 0.25) is 5.91 Å². The van der Waals surface area contributed by atoms with E-state index in [-0.39, 0.29) is 44.3 Å². The van der Waals surface area contributed by atoms with Gasteiger partial charge in [-0.3, -0.25) is 24.5 Å². The molecule has 1 saturated heterocycles. The molecule has 6 rings (SSSR count). The Balaban J connectivity index is 1.24. The summed E-state index contributed by atoms with van der Waals surface area (Å²) < 4.78 is 33.3. The lowest BCUT2D eigenvalue weighted by Crippen LogP contribution is -2.42. The Hall–Kier alpha value is -5.25. The number of carbonyl (C=O) groups excluding carboxylic acids is 2. The Morgan fingerprint density at radius 1 is 0.953 bits per heavy atom. The van der Waals surface area contributed by atoms with E-state index in [2.05, 4.69) is 20.3 Å². The van der Waals surface area contributed by atoms with E-state index in [0.717, 1.165) is 27.6 Å². The Labute approximate surface area is 246 Å². The molecule has 5 heterocycles. The monoisotopic (exact) mass is 579 g/mol. The number of fused-ring (bicyclic) bond motifs is 1. The highest BCUT2D eigenvalue weighted by Crippen LogP contribution is 2.35. The van der Waals surface area contributed by atoms with Gasteiger partial charge in [0.25, 0.3) is 11.8 Å². The summed E-state index contributed by atoms with van der Waals surface area (Å²) in [7, 11) is 0. The smallest absolute Gasteiger partial charge is 0.255 e. The number of piperidine rings is 1. The van der Waals surface area contributed by atoms with Crippen molar-refractivity contribution < 1.29 is 22.8 Å². The molecule has 2 amide bonds. The van der Waals surface area contributed by atoms with Crippen LogP contribution in [-0.2, 0) is 11.3 Å². The Kier molecular flexibility index (Phi) is 7.74. The fourth-order valence-corrected chi connectivity index (χ4v) is 4.98. The van der Waals surface area contributed by atoms with E-state index in [4.69, 9.17) is 4.42 Å². The van der Waals surface area contributed by atoms with E-state index in [1.165, 1.54) is 17.2 Å². The second-order valence-electron chi connectivity index (χ2n) is 10.3. The van der Waals surface area contributed by atoms with Crippen molar-refractivity contribution in [2.45, 2.75) is 25.3 Å². The van der Waals surface area contributed by atoms with E-state index < -0.39 is 5.92 Å². The number of likely N-dealkylation sites (tertiary alicyclic amines) is 1. The number of rotatable bonds is 7. The van der Waals surface area contributed by atoms with Crippen molar-refractivity contribution in [3.63, 3.8) is 0 Å². The molecule has 0 atom stereocenters. The second kappa shape index (κ2) is 11.9. The van der Waals surface area contributed by atoms with E-state index >= 15 is 0 Å². The normalized spacial score (nSPS) is 14.7. The van der Waals surface area contributed by atoms with Crippen LogP contribution in [0.1, 0.15) is 34.5 Å². The number of carbonyl (C=O) groups is 2. The van der Waals surface area contributed by atoms with Crippen LogP contribution in [0, 0.1) is 0 Å². The first-order valence-corrected chi connectivity index (χ1v) is 13.8. The molecule has 4 aromatic heterocycles. The van der Waals surface area contributed by atoms with Gasteiger partial charge in [0, 0.05) is 79.5 Å². The molecule has 43 heavy (non-hydrogen) atoms. The number of alkyl halides is 2. The molecule has 8 nitrogen and oxygen atoms in total. The minimum atomic E-state index is -2.72. The zero-order chi connectivity index (χ0) is 29.8. The van der Waals surface area contributed by atoms with Gasteiger partial charge in [-0.2, -0.15) is 0 Å². The second-order valence-corrected chi connectivity index (χ2v) is 10.3. The summed E-state index contributed by atoms with van der Waals surface area (Å²) in [5, 5.41) is 3.66. The van der Waals surface area contributed by atoms with Crippen LogP contribution < -0.4 is 5.32 Å². The van der Waals surface area contributed by atoms with Crippen molar-refractivity contribution in [2.75, 3.05) is 13.1 Å². The molecule has 0 unspecified atom stereocenters. The molecule has 0 radical (unpaired) electrons. The topological polar surface area (TPSA) is 101 Å². The van der Waals surface area contributed by atoms with E-state index in [1.807, 2.05) is 36.4 Å². The molecule has 10 heteroatoms. The highest BCUT2D eigenvalue weighted by molar-refractivity contribution is 5.97.